The lowest BCUT2D eigenvalue weighted by Crippen LogP contribution is -2.13. The number of hydrogen-bond acceptors (Lipinski definition) is 3. The summed E-state index contributed by atoms with van der Waals surface area (Å²) in [5, 5.41) is 8.41. The van der Waals surface area contributed by atoms with Crippen molar-refractivity contribution in [1.29, 1.82) is 0 Å². The van der Waals surface area contributed by atoms with E-state index in [9.17, 15) is 9.18 Å². The Hall–Kier alpha value is -1.75. The predicted molar refractivity (Wildman–Crippen MR) is 72.5 cm³/mol. The van der Waals surface area contributed by atoms with Gasteiger partial charge < -0.3 is 0 Å². The second kappa shape index (κ2) is 5.32. The van der Waals surface area contributed by atoms with E-state index in [2.05, 4.69) is 10.3 Å². The summed E-state index contributed by atoms with van der Waals surface area (Å²) in [5.74, 6) is -0.0315. The van der Waals surface area contributed by atoms with Crippen LogP contribution in [0, 0.1) is 5.82 Å². The molecule has 1 aliphatic rings. The van der Waals surface area contributed by atoms with Gasteiger partial charge in [-0.3, -0.25) is 4.79 Å². The Morgan fingerprint density at radius 3 is 2.95 bits per heavy atom. The minimum absolute atomic E-state index is 0.119. The summed E-state index contributed by atoms with van der Waals surface area (Å²) in [4.78, 5) is 11.5. The van der Waals surface area contributed by atoms with Crippen molar-refractivity contribution >= 4 is 17.4 Å². The van der Waals surface area contributed by atoms with Crippen molar-refractivity contribution in [3.63, 3.8) is 0 Å². The minimum atomic E-state index is -0.419. The van der Waals surface area contributed by atoms with Crippen LogP contribution in [0.25, 0.3) is 5.69 Å². The van der Waals surface area contributed by atoms with Crippen molar-refractivity contribution in [2.75, 3.05) is 0 Å². The number of aromatic nitrogens is 3. The number of ketones is 1. The molecule has 4 nitrogen and oxygen atoms in total. The molecule has 0 saturated heterocycles. The molecule has 0 aliphatic heterocycles. The van der Waals surface area contributed by atoms with Gasteiger partial charge in [0.25, 0.3) is 0 Å². The summed E-state index contributed by atoms with van der Waals surface area (Å²) in [6.07, 6.45) is 4.75. The second-order valence-electron chi connectivity index (χ2n) is 5.05. The quantitative estimate of drug-likeness (QED) is 0.853. The Bertz CT molecular complexity index is 635. The SMILES string of the molecule is O=C1CCCC(c2cn(-c3cc(F)cc(Cl)c3)nn2)C1. The van der Waals surface area contributed by atoms with Crippen LogP contribution in [0.4, 0.5) is 4.39 Å². The molecule has 1 fully saturated rings. The minimum Gasteiger partial charge on any atom is -0.300 e. The lowest BCUT2D eigenvalue weighted by Gasteiger charge is -2.17. The number of rotatable bonds is 2. The summed E-state index contributed by atoms with van der Waals surface area (Å²) >= 11 is 5.83. The van der Waals surface area contributed by atoms with Gasteiger partial charge in [-0.25, -0.2) is 9.07 Å². The molecule has 104 valence electrons. The van der Waals surface area contributed by atoms with Crippen LogP contribution in [0.3, 0.4) is 0 Å². The first-order chi connectivity index (χ1) is 9.61. The fourth-order valence-electron chi connectivity index (χ4n) is 2.54. The van der Waals surface area contributed by atoms with Crippen molar-refractivity contribution in [2.24, 2.45) is 0 Å². The van der Waals surface area contributed by atoms with E-state index in [1.807, 2.05) is 0 Å². The van der Waals surface area contributed by atoms with Crippen LogP contribution < -0.4 is 0 Å². The summed E-state index contributed by atoms with van der Waals surface area (Å²) < 4.78 is 14.8. The van der Waals surface area contributed by atoms with Crippen molar-refractivity contribution in [3.05, 3.63) is 40.9 Å². The summed E-state index contributed by atoms with van der Waals surface area (Å²) in [5.41, 5.74) is 1.30. The third-order valence-corrected chi connectivity index (χ3v) is 3.74. The molecule has 1 aromatic heterocycles. The van der Waals surface area contributed by atoms with Gasteiger partial charge in [0, 0.05) is 23.8 Å². The van der Waals surface area contributed by atoms with Gasteiger partial charge in [0.2, 0.25) is 0 Å². The molecule has 3 rings (SSSR count). The average Bonchev–Trinajstić information content (AvgIpc) is 2.87. The molecule has 0 amide bonds. The number of hydrogen-bond donors (Lipinski definition) is 0. The van der Waals surface area contributed by atoms with Gasteiger partial charge in [0.1, 0.15) is 11.6 Å². The Balaban J connectivity index is 1.87. The zero-order chi connectivity index (χ0) is 14.1. The number of nitrogens with zero attached hydrogens (tertiary/aromatic N) is 3. The van der Waals surface area contributed by atoms with Crippen LogP contribution in [-0.2, 0) is 4.79 Å². The summed E-state index contributed by atoms with van der Waals surface area (Å²) in [7, 11) is 0. The molecule has 1 atom stereocenters. The van der Waals surface area contributed by atoms with Crippen LogP contribution in [0.5, 0.6) is 0 Å². The Morgan fingerprint density at radius 1 is 1.35 bits per heavy atom. The molecule has 1 heterocycles. The Morgan fingerprint density at radius 2 is 2.20 bits per heavy atom. The smallest absolute Gasteiger partial charge is 0.133 e. The first-order valence-electron chi connectivity index (χ1n) is 6.52. The van der Waals surface area contributed by atoms with E-state index < -0.39 is 5.82 Å². The highest BCUT2D eigenvalue weighted by molar-refractivity contribution is 6.30. The van der Waals surface area contributed by atoms with Gasteiger partial charge in [-0.05, 0) is 31.0 Å². The lowest BCUT2D eigenvalue weighted by atomic mass is 9.86. The van der Waals surface area contributed by atoms with Crippen LogP contribution in [0.15, 0.2) is 24.4 Å². The van der Waals surface area contributed by atoms with Crippen molar-refractivity contribution < 1.29 is 9.18 Å². The fraction of sp³-hybridized carbons (Fsp3) is 0.357. The zero-order valence-corrected chi connectivity index (χ0v) is 11.5. The Labute approximate surface area is 120 Å². The lowest BCUT2D eigenvalue weighted by molar-refractivity contribution is -0.120. The standard InChI is InChI=1S/C14H13ClFN3O/c15-10-5-11(16)7-12(6-10)19-8-14(17-18-19)9-2-1-3-13(20)4-9/h5-9H,1-4H2. The number of carbonyl (C=O) groups excluding carboxylic acids is 1. The van der Waals surface area contributed by atoms with Gasteiger partial charge in [-0.2, -0.15) is 0 Å². The highest BCUT2D eigenvalue weighted by Crippen LogP contribution is 2.29. The average molecular weight is 294 g/mol. The maximum absolute atomic E-state index is 13.3. The monoisotopic (exact) mass is 293 g/mol. The van der Waals surface area contributed by atoms with Crippen molar-refractivity contribution in [1.82, 2.24) is 15.0 Å². The predicted octanol–water partition coefficient (Wildman–Crippen LogP) is 3.29. The molecule has 0 radical (unpaired) electrons. The van der Waals surface area contributed by atoms with Crippen LogP contribution >= 0.6 is 11.6 Å². The molecule has 1 aliphatic carbocycles. The third-order valence-electron chi connectivity index (χ3n) is 3.52. The second-order valence-corrected chi connectivity index (χ2v) is 5.48. The molecule has 6 heteroatoms. The number of Topliss-reactive ketones (excluding diaryl/α,β-unsaturated/α-hetero) is 1. The van der Waals surface area contributed by atoms with Gasteiger partial charge in [-0.15, -0.1) is 5.10 Å². The number of benzene rings is 1. The third kappa shape index (κ3) is 2.72. The van der Waals surface area contributed by atoms with E-state index in [0.29, 0.717) is 23.6 Å². The normalized spacial score (nSPS) is 19.3. The molecular weight excluding hydrogens is 281 g/mol. The van der Waals surface area contributed by atoms with Gasteiger partial charge in [0.15, 0.2) is 0 Å². The Kier molecular flexibility index (Phi) is 3.53. The number of carbonyl (C=O) groups is 1. The molecular formula is C14H13ClFN3O. The van der Waals surface area contributed by atoms with E-state index in [0.717, 1.165) is 18.5 Å². The van der Waals surface area contributed by atoms with Crippen LogP contribution in [0.1, 0.15) is 37.3 Å². The largest absolute Gasteiger partial charge is 0.300 e. The summed E-state index contributed by atoms with van der Waals surface area (Å²) in [6, 6.07) is 4.20. The molecule has 1 saturated carbocycles. The van der Waals surface area contributed by atoms with E-state index in [1.54, 1.807) is 12.3 Å². The number of halogens is 2. The molecule has 2 aromatic rings. The highest BCUT2D eigenvalue weighted by Gasteiger charge is 2.23. The van der Waals surface area contributed by atoms with Gasteiger partial charge >= 0.3 is 0 Å². The van der Waals surface area contributed by atoms with E-state index in [-0.39, 0.29) is 11.7 Å². The molecule has 1 aromatic carbocycles. The molecule has 0 N–H and O–H groups in total. The maximum Gasteiger partial charge on any atom is 0.133 e. The van der Waals surface area contributed by atoms with Crippen molar-refractivity contribution in [3.8, 4) is 5.69 Å². The maximum atomic E-state index is 13.3. The zero-order valence-electron chi connectivity index (χ0n) is 10.7. The van der Waals surface area contributed by atoms with Crippen molar-refractivity contribution in [2.45, 2.75) is 31.6 Å². The molecule has 1 unspecified atom stereocenters. The van der Waals surface area contributed by atoms with E-state index in [1.165, 1.54) is 16.8 Å². The first-order valence-corrected chi connectivity index (χ1v) is 6.90. The molecule has 20 heavy (non-hydrogen) atoms. The van der Waals surface area contributed by atoms with Crippen LogP contribution in [-0.4, -0.2) is 20.8 Å². The summed E-state index contributed by atoms with van der Waals surface area (Å²) in [6.45, 7) is 0. The fourth-order valence-corrected chi connectivity index (χ4v) is 2.75. The van der Waals surface area contributed by atoms with Gasteiger partial charge in [0.05, 0.1) is 17.6 Å². The topological polar surface area (TPSA) is 47.8 Å². The molecule has 0 bridgehead atoms. The highest BCUT2D eigenvalue weighted by atomic mass is 35.5. The van der Waals surface area contributed by atoms with Crippen LogP contribution in [0.2, 0.25) is 5.02 Å². The first kappa shape index (κ1) is 13.2. The van der Waals surface area contributed by atoms with Gasteiger partial charge in [-0.1, -0.05) is 16.8 Å². The molecule has 0 spiro atoms. The van der Waals surface area contributed by atoms with E-state index in [4.69, 9.17) is 11.6 Å². The van der Waals surface area contributed by atoms with E-state index >= 15 is 0 Å².